The Balaban J connectivity index is 2.06. The van der Waals surface area contributed by atoms with Crippen LogP contribution in [0, 0.1) is 5.82 Å². The molecule has 0 saturated carbocycles. The predicted molar refractivity (Wildman–Crippen MR) is 84.4 cm³/mol. The first-order valence-corrected chi connectivity index (χ1v) is 7.37. The fourth-order valence-corrected chi connectivity index (χ4v) is 3.04. The summed E-state index contributed by atoms with van der Waals surface area (Å²) in [5.74, 6) is -2.06. The SMILES string of the molecule is O=C(O)C1=C(c2ccc(F)cc2)CC(c2ccccc2)CC1=O. The van der Waals surface area contributed by atoms with Crippen LogP contribution >= 0.6 is 0 Å². The lowest BCUT2D eigenvalue weighted by Crippen LogP contribution is -2.23. The number of halogens is 1. The third-order valence-electron chi connectivity index (χ3n) is 4.14. The van der Waals surface area contributed by atoms with Crippen LogP contribution in [0.5, 0.6) is 0 Å². The van der Waals surface area contributed by atoms with E-state index in [1.165, 1.54) is 24.3 Å². The highest BCUT2D eigenvalue weighted by atomic mass is 19.1. The van der Waals surface area contributed by atoms with Gasteiger partial charge >= 0.3 is 5.97 Å². The minimum atomic E-state index is -1.22. The average Bonchev–Trinajstić information content (AvgIpc) is 2.55. The van der Waals surface area contributed by atoms with E-state index >= 15 is 0 Å². The van der Waals surface area contributed by atoms with E-state index in [0.29, 0.717) is 17.6 Å². The lowest BCUT2D eigenvalue weighted by atomic mass is 9.77. The highest BCUT2D eigenvalue weighted by Gasteiger charge is 2.32. The molecule has 0 radical (unpaired) electrons. The molecule has 1 aliphatic rings. The van der Waals surface area contributed by atoms with Gasteiger partial charge in [0.2, 0.25) is 0 Å². The van der Waals surface area contributed by atoms with Crippen LogP contribution in [-0.4, -0.2) is 16.9 Å². The molecule has 23 heavy (non-hydrogen) atoms. The zero-order valence-corrected chi connectivity index (χ0v) is 12.3. The summed E-state index contributed by atoms with van der Waals surface area (Å²) in [6, 6.07) is 15.2. The van der Waals surface area contributed by atoms with Crippen molar-refractivity contribution in [1.82, 2.24) is 0 Å². The van der Waals surface area contributed by atoms with Crippen molar-refractivity contribution in [2.45, 2.75) is 18.8 Å². The summed E-state index contributed by atoms with van der Waals surface area (Å²) in [6.45, 7) is 0. The Morgan fingerprint density at radius 3 is 2.26 bits per heavy atom. The maximum Gasteiger partial charge on any atom is 0.339 e. The maximum absolute atomic E-state index is 13.1. The van der Waals surface area contributed by atoms with Crippen LogP contribution in [0.15, 0.2) is 60.2 Å². The summed E-state index contributed by atoms with van der Waals surface area (Å²) in [7, 11) is 0. The van der Waals surface area contributed by atoms with Crippen molar-refractivity contribution in [2.24, 2.45) is 0 Å². The van der Waals surface area contributed by atoms with Crippen LogP contribution in [0.3, 0.4) is 0 Å². The Morgan fingerprint density at radius 1 is 1.00 bits per heavy atom. The van der Waals surface area contributed by atoms with Crippen LogP contribution in [-0.2, 0) is 9.59 Å². The van der Waals surface area contributed by atoms with E-state index in [1.54, 1.807) is 0 Å². The van der Waals surface area contributed by atoms with Crippen LogP contribution in [0.2, 0.25) is 0 Å². The predicted octanol–water partition coefficient (Wildman–Crippen LogP) is 3.81. The molecule has 1 N–H and O–H groups in total. The third-order valence-corrected chi connectivity index (χ3v) is 4.14. The van der Waals surface area contributed by atoms with Crippen molar-refractivity contribution >= 4 is 17.3 Å². The van der Waals surface area contributed by atoms with Gasteiger partial charge in [0.15, 0.2) is 5.78 Å². The first-order valence-electron chi connectivity index (χ1n) is 7.37. The smallest absolute Gasteiger partial charge is 0.339 e. The molecule has 3 nitrogen and oxygen atoms in total. The highest BCUT2D eigenvalue weighted by molar-refractivity contribution is 6.23. The van der Waals surface area contributed by atoms with E-state index in [4.69, 9.17) is 0 Å². The van der Waals surface area contributed by atoms with E-state index < -0.39 is 11.8 Å². The molecule has 1 atom stereocenters. The number of hydrogen-bond donors (Lipinski definition) is 1. The zero-order chi connectivity index (χ0) is 16.4. The molecule has 0 aliphatic heterocycles. The standard InChI is InChI=1S/C19H15FO3/c20-15-8-6-13(7-9-15)16-10-14(12-4-2-1-3-5-12)11-17(21)18(16)19(22)23/h1-9,14H,10-11H2,(H,22,23). The van der Waals surface area contributed by atoms with E-state index in [1.807, 2.05) is 30.3 Å². The van der Waals surface area contributed by atoms with Crippen LogP contribution in [0.25, 0.3) is 5.57 Å². The lowest BCUT2D eigenvalue weighted by molar-refractivity contribution is -0.134. The quantitative estimate of drug-likeness (QED) is 0.877. The Kier molecular flexibility index (Phi) is 4.06. The molecule has 4 heteroatoms. The summed E-state index contributed by atoms with van der Waals surface area (Å²) in [6.07, 6.45) is 0.624. The zero-order valence-electron chi connectivity index (χ0n) is 12.3. The van der Waals surface area contributed by atoms with Crippen LogP contribution in [0.4, 0.5) is 4.39 Å². The van der Waals surface area contributed by atoms with E-state index in [-0.39, 0.29) is 23.7 Å². The Bertz CT molecular complexity index is 776. The van der Waals surface area contributed by atoms with E-state index in [0.717, 1.165) is 5.56 Å². The number of aliphatic carboxylic acids is 1. The molecular formula is C19H15FO3. The number of carbonyl (C=O) groups is 2. The van der Waals surface area contributed by atoms with Crippen molar-refractivity contribution < 1.29 is 19.1 Å². The summed E-state index contributed by atoms with van der Waals surface area (Å²) in [5.41, 5.74) is 1.88. The molecule has 0 amide bonds. The summed E-state index contributed by atoms with van der Waals surface area (Å²) < 4.78 is 13.1. The molecule has 116 valence electrons. The topological polar surface area (TPSA) is 54.4 Å². The molecule has 0 spiro atoms. The summed E-state index contributed by atoms with van der Waals surface area (Å²) in [4.78, 5) is 23.9. The van der Waals surface area contributed by atoms with Gasteiger partial charge < -0.3 is 5.11 Å². The lowest BCUT2D eigenvalue weighted by Gasteiger charge is -2.25. The van der Waals surface area contributed by atoms with E-state index in [2.05, 4.69) is 0 Å². The molecule has 0 fully saturated rings. The first-order chi connectivity index (χ1) is 11.1. The Hall–Kier alpha value is -2.75. The summed E-state index contributed by atoms with van der Waals surface area (Å²) in [5, 5.41) is 9.40. The summed E-state index contributed by atoms with van der Waals surface area (Å²) >= 11 is 0. The van der Waals surface area contributed by atoms with Gasteiger partial charge in [-0.15, -0.1) is 0 Å². The van der Waals surface area contributed by atoms with Gasteiger partial charge in [0, 0.05) is 6.42 Å². The normalized spacial score (nSPS) is 18.1. The minimum Gasteiger partial charge on any atom is -0.478 e. The van der Waals surface area contributed by atoms with Gasteiger partial charge in [0.25, 0.3) is 0 Å². The molecule has 1 unspecified atom stereocenters. The van der Waals surface area contributed by atoms with Gasteiger partial charge in [0.05, 0.1) is 0 Å². The molecule has 1 aliphatic carbocycles. The number of carbonyl (C=O) groups excluding carboxylic acids is 1. The number of allylic oxidation sites excluding steroid dienone is 1. The van der Waals surface area contributed by atoms with Crippen molar-refractivity contribution in [3.05, 3.63) is 77.1 Å². The van der Waals surface area contributed by atoms with Gasteiger partial charge in [-0.1, -0.05) is 42.5 Å². The molecule has 0 aromatic heterocycles. The van der Waals surface area contributed by atoms with Crippen molar-refractivity contribution in [2.75, 3.05) is 0 Å². The van der Waals surface area contributed by atoms with Crippen molar-refractivity contribution in [1.29, 1.82) is 0 Å². The van der Waals surface area contributed by atoms with Crippen molar-refractivity contribution in [3.63, 3.8) is 0 Å². The maximum atomic E-state index is 13.1. The van der Waals surface area contributed by atoms with Crippen molar-refractivity contribution in [3.8, 4) is 0 Å². The number of carboxylic acid groups (broad SMARTS) is 1. The fraction of sp³-hybridized carbons (Fsp3) is 0.158. The second kappa shape index (κ2) is 6.16. The first kappa shape index (κ1) is 15.2. The highest BCUT2D eigenvalue weighted by Crippen LogP contribution is 2.39. The number of Topliss-reactive ketones (excluding diaryl/α,β-unsaturated/α-hetero) is 1. The van der Waals surface area contributed by atoms with Crippen LogP contribution < -0.4 is 0 Å². The van der Waals surface area contributed by atoms with Crippen LogP contribution in [0.1, 0.15) is 29.9 Å². The molecular weight excluding hydrogens is 295 g/mol. The molecule has 0 saturated heterocycles. The molecule has 2 aromatic rings. The molecule has 3 rings (SSSR count). The van der Waals surface area contributed by atoms with Gasteiger partial charge in [-0.25, -0.2) is 9.18 Å². The molecule has 0 heterocycles. The van der Waals surface area contributed by atoms with E-state index in [9.17, 15) is 19.1 Å². The Morgan fingerprint density at radius 2 is 1.65 bits per heavy atom. The fourth-order valence-electron chi connectivity index (χ4n) is 3.04. The second-order valence-corrected chi connectivity index (χ2v) is 5.60. The number of benzene rings is 2. The third kappa shape index (κ3) is 3.06. The molecule has 2 aromatic carbocycles. The average molecular weight is 310 g/mol. The van der Waals surface area contributed by atoms with Gasteiger partial charge in [-0.05, 0) is 41.2 Å². The number of ketones is 1. The number of hydrogen-bond acceptors (Lipinski definition) is 2. The Labute approximate surface area is 133 Å². The van der Waals surface area contributed by atoms with Gasteiger partial charge in [-0.2, -0.15) is 0 Å². The molecule has 0 bridgehead atoms. The number of rotatable bonds is 3. The van der Waals surface area contributed by atoms with Gasteiger partial charge in [-0.3, -0.25) is 4.79 Å². The largest absolute Gasteiger partial charge is 0.478 e. The second-order valence-electron chi connectivity index (χ2n) is 5.60. The minimum absolute atomic E-state index is 0.0631. The van der Waals surface area contributed by atoms with Gasteiger partial charge in [0.1, 0.15) is 11.4 Å². The number of carboxylic acids is 1. The monoisotopic (exact) mass is 310 g/mol.